The zero-order valence-electron chi connectivity index (χ0n) is 10.8. The molecule has 0 heterocycles. The van der Waals surface area contributed by atoms with E-state index in [0.717, 1.165) is 19.9 Å². The fourth-order valence-electron chi connectivity index (χ4n) is 1.64. The Morgan fingerprint density at radius 2 is 1.90 bits per heavy atom. The maximum absolute atomic E-state index is 12.2. The van der Waals surface area contributed by atoms with Crippen molar-refractivity contribution in [2.24, 2.45) is 0 Å². The molecule has 0 aliphatic rings. The van der Waals surface area contributed by atoms with Crippen molar-refractivity contribution < 1.29 is 4.79 Å². The molecule has 0 aromatic heterocycles. The van der Waals surface area contributed by atoms with Crippen LogP contribution >= 0.6 is 34.4 Å². The van der Waals surface area contributed by atoms with Gasteiger partial charge in [-0.1, -0.05) is 18.2 Å². The number of thioether (sulfide) groups is 1. The number of benzene rings is 2. The standard InChI is InChI=1S/C16H14INOS/c1-2-11-20-15-6-4-3-5-14(15)18-16(19)12-7-9-13(17)10-8-12/h2-10H,1,11H2,(H,18,19). The molecule has 0 atom stereocenters. The van der Waals surface area contributed by atoms with E-state index < -0.39 is 0 Å². The van der Waals surface area contributed by atoms with Crippen molar-refractivity contribution in [3.8, 4) is 0 Å². The number of nitrogens with one attached hydrogen (secondary N) is 1. The molecular weight excluding hydrogens is 381 g/mol. The topological polar surface area (TPSA) is 29.1 Å². The lowest BCUT2D eigenvalue weighted by Crippen LogP contribution is -2.12. The van der Waals surface area contributed by atoms with Crippen molar-refractivity contribution in [3.63, 3.8) is 0 Å². The fourth-order valence-corrected chi connectivity index (χ4v) is 2.75. The van der Waals surface area contributed by atoms with Crippen LogP contribution in [0.1, 0.15) is 10.4 Å². The molecule has 2 aromatic rings. The van der Waals surface area contributed by atoms with Gasteiger partial charge in [-0.2, -0.15) is 0 Å². The van der Waals surface area contributed by atoms with E-state index in [1.807, 2.05) is 54.6 Å². The van der Waals surface area contributed by atoms with Crippen LogP contribution in [0.2, 0.25) is 0 Å². The number of para-hydroxylation sites is 1. The van der Waals surface area contributed by atoms with Crippen LogP contribution in [0.15, 0.2) is 66.1 Å². The number of hydrogen-bond acceptors (Lipinski definition) is 2. The second kappa shape index (κ2) is 7.50. The Morgan fingerprint density at radius 3 is 2.60 bits per heavy atom. The predicted octanol–water partition coefficient (Wildman–Crippen LogP) is 4.82. The molecule has 0 radical (unpaired) electrons. The summed E-state index contributed by atoms with van der Waals surface area (Å²) in [5.74, 6) is 0.726. The third kappa shape index (κ3) is 4.11. The number of amides is 1. The highest BCUT2D eigenvalue weighted by Crippen LogP contribution is 2.27. The molecule has 20 heavy (non-hydrogen) atoms. The highest BCUT2D eigenvalue weighted by atomic mass is 127. The van der Waals surface area contributed by atoms with E-state index in [1.54, 1.807) is 11.8 Å². The lowest BCUT2D eigenvalue weighted by molar-refractivity contribution is 0.102. The average Bonchev–Trinajstić information content (AvgIpc) is 2.47. The van der Waals surface area contributed by atoms with Crippen LogP contribution in [0.4, 0.5) is 5.69 Å². The smallest absolute Gasteiger partial charge is 0.255 e. The van der Waals surface area contributed by atoms with Gasteiger partial charge in [-0.05, 0) is 59.0 Å². The Labute approximate surface area is 136 Å². The molecule has 0 saturated heterocycles. The molecular formula is C16H14INOS. The van der Waals surface area contributed by atoms with E-state index in [9.17, 15) is 4.79 Å². The van der Waals surface area contributed by atoms with Crippen LogP contribution in [-0.4, -0.2) is 11.7 Å². The summed E-state index contributed by atoms with van der Waals surface area (Å²) in [5, 5.41) is 2.96. The largest absolute Gasteiger partial charge is 0.321 e. The molecule has 0 fully saturated rings. The summed E-state index contributed by atoms with van der Waals surface area (Å²) < 4.78 is 1.11. The molecule has 102 valence electrons. The number of rotatable bonds is 5. The first-order valence-electron chi connectivity index (χ1n) is 6.10. The maximum atomic E-state index is 12.2. The van der Waals surface area contributed by atoms with E-state index in [-0.39, 0.29) is 5.91 Å². The number of anilines is 1. The third-order valence-corrected chi connectivity index (χ3v) is 4.39. The van der Waals surface area contributed by atoms with E-state index in [2.05, 4.69) is 34.5 Å². The van der Waals surface area contributed by atoms with Gasteiger partial charge in [0.2, 0.25) is 0 Å². The van der Waals surface area contributed by atoms with Crippen LogP contribution in [0.5, 0.6) is 0 Å². The van der Waals surface area contributed by atoms with Crippen molar-refractivity contribution in [1.29, 1.82) is 0 Å². The van der Waals surface area contributed by atoms with Gasteiger partial charge in [0.1, 0.15) is 0 Å². The quantitative estimate of drug-likeness (QED) is 0.447. The highest BCUT2D eigenvalue weighted by Gasteiger charge is 2.08. The fraction of sp³-hybridized carbons (Fsp3) is 0.0625. The SMILES string of the molecule is C=CCSc1ccccc1NC(=O)c1ccc(I)cc1. The Morgan fingerprint density at radius 1 is 1.20 bits per heavy atom. The molecule has 0 aliphatic carbocycles. The third-order valence-electron chi connectivity index (χ3n) is 2.60. The van der Waals surface area contributed by atoms with Gasteiger partial charge in [-0.25, -0.2) is 0 Å². The predicted molar refractivity (Wildman–Crippen MR) is 94.5 cm³/mol. The van der Waals surface area contributed by atoms with Gasteiger partial charge in [0.15, 0.2) is 0 Å². The minimum absolute atomic E-state index is 0.0898. The molecule has 2 aromatic carbocycles. The van der Waals surface area contributed by atoms with Gasteiger partial charge in [-0.3, -0.25) is 4.79 Å². The van der Waals surface area contributed by atoms with Gasteiger partial charge >= 0.3 is 0 Å². The minimum Gasteiger partial charge on any atom is -0.321 e. The summed E-state index contributed by atoms with van der Waals surface area (Å²) in [7, 11) is 0. The monoisotopic (exact) mass is 395 g/mol. The Kier molecular flexibility index (Phi) is 5.67. The maximum Gasteiger partial charge on any atom is 0.255 e. The first kappa shape index (κ1) is 15.1. The van der Waals surface area contributed by atoms with Crippen molar-refractivity contribution in [3.05, 3.63) is 70.3 Å². The van der Waals surface area contributed by atoms with Gasteiger partial charge in [-0.15, -0.1) is 18.3 Å². The van der Waals surface area contributed by atoms with Gasteiger partial charge in [0, 0.05) is 19.8 Å². The van der Waals surface area contributed by atoms with Crippen molar-refractivity contribution >= 4 is 45.9 Å². The number of hydrogen-bond donors (Lipinski definition) is 1. The highest BCUT2D eigenvalue weighted by molar-refractivity contribution is 14.1. The van der Waals surface area contributed by atoms with E-state index in [1.165, 1.54) is 0 Å². The molecule has 0 aliphatic heterocycles. The summed E-state index contributed by atoms with van der Waals surface area (Å²) >= 11 is 3.87. The zero-order valence-corrected chi connectivity index (χ0v) is 13.8. The summed E-state index contributed by atoms with van der Waals surface area (Å²) in [5.41, 5.74) is 1.50. The average molecular weight is 395 g/mol. The van der Waals surface area contributed by atoms with Crippen LogP contribution < -0.4 is 5.32 Å². The van der Waals surface area contributed by atoms with Gasteiger partial charge < -0.3 is 5.32 Å². The first-order valence-corrected chi connectivity index (χ1v) is 8.17. The summed E-state index contributed by atoms with van der Waals surface area (Å²) in [6.07, 6.45) is 1.85. The molecule has 0 unspecified atom stereocenters. The minimum atomic E-state index is -0.0898. The Hall–Kier alpha value is -1.27. The van der Waals surface area contributed by atoms with Crippen molar-refractivity contribution in [2.75, 3.05) is 11.1 Å². The molecule has 0 bridgehead atoms. The van der Waals surface area contributed by atoms with E-state index in [0.29, 0.717) is 5.56 Å². The molecule has 4 heteroatoms. The number of halogens is 1. The van der Waals surface area contributed by atoms with Gasteiger partial charge in [0.05, 0.1) is 5.69 Å². The van der Waals surface area contributed by atoms with Crippen molar-refractivity contribution in [1.82, 2.24) is 0 Å². The molecule has 2 nitrogen and oxygen atoms in total. The normalized spacial score (nSPS) is 10.1. The summed E-state index contributed by atoms with van der Waals surface area (Å²) in [6.45, 7) is 3.71. The number of carbonyl (C=O) groups excluding carboxylic acids is 1. The Bertz CT molecular complexity index is 610. The van der Waals surface area contributed by atoms with E-state index >= 15 is 0 Å². The van der Waals surface area contributed by atoms with Crippen LogP contribution in [0.3, 0.4) is 0 Å². The van der Waals surface area contributed by atoms with E-state index in [4.69, 9.17) is 0 Å². The van der Waals surface area contributed by atoms with Gasteiger partial charge in [0.25, 0.3) is 5.91 Å². The summed E-state index contributed by atoms with van der Waals surface area (Å²) in [4.78, 5) is 13.3. The molecule has 2 rings (SSSR count). The number of carbonyl (C=O) groups is 1. The van der Waals surface area contributed by atoms with Crippen LogP contribution in [-0.2, 0) is 0 Å². The second-order valence-corrected chi connectivity index (χ2v) is 6.36. The molecule has 1 amide bonds. The molecule has 0 saturated carbocycles. The Balaban J connectivity index is 2.15. The van der Waals surface area contributed by atoms with Crippen LogP contribution in [0.25, 0.3) is 0 Å². The summed E-state index contributed by atoms with van der Waals surface area (Å²) in [6, 6.07) is 15.3. The lowest BCUT2D eigenvalue weighted by atomic mass is 10.2. The second-order valence-electron chi connectivity index (χ2n) is 4.06. The van der Waals surface area contributed by atoms with Crippen molar-refractivity contribution in [2.45, 2.75) is 4.90 Å². The lowest BCUT2D eigenvalue weighted by Gasteiger charge is -2.10. The molecule has 0 spiro atoms. The molecule has 1 N–H and O–H groups in total. The zero-order chi connectivity index (χ0) is 14.4. The first-order chi connectivity index (χ1) is 9.70. The van der Waals surface area contributed by atoms with Crippen LogP contribution in [0, 0.1) is 3.57 Å².